The van der Waals surface area contributed by atoms with Gasteiger partial charge < -0.3 is 9.30 Å². The highest BCUT2D eigenvalue weighted by Crippen LogP contribution is 2.27. The summed E-state index contributed by atoms with van der Waals surface area (Å²) in [6, 6.07) is 3.08. The second-order valence-corrected chi connectivity index (χ2v) is 3.61. The smallest absolute Gasteiger partial charge is 0.311 e. The van der Waals surface area contributed by atoms with E-state index in [1.165, 1.54) is 0 Å². The number of aryl methyl sites for hydroxylation is 1. The number of nitrogens with zero attached hydrogens (tertiary/aromatic N) is 3. The number of benzene rings is 1. The maximum Gasteiger partial charge on any atom is 0.311 e. The van der Waals surface area contributed by atoms with Crippen LogP contribution in [0.25, 0.3) is 0 Å². The van der Waals surface area contributed by atoms with Crippen molar-refractivity contribution in [3.05, 3.63) is 52.3 Å². The molecule has 2 rings (SSSR count). The predicted molar refractivity (Wildman–Crippen MR) is 60.6 cm³/mol. The van der Waals surface area contributed by atoms with Crippen molar-refractivity contribution in [1.82, 2.24) is 9.55 Å². The predicted octanol–water partition coefficient (Wildman–Crippen LogP) is 2.05. The third-order valence-corrected chi connectivity index (χ3v) is 2.40. The molecular weight excluding hydrogens is 241 g/mol. The van der Waals surface area contributed by atoms with Crippen molar-refractivity contribution in [1.29, 1.82) is 0 Å². The van der Waals surface area contributed by atoms with E-state index in [4.69, 9.17) is 4.74 Å². The lowest BCUT2D eigenvalue weighted by atomic mass is 10.3. The van der Waals surface area contributed by atoms with Gasteiger partial charge in [0.15, 0.2) is 5.75 Å². The van der Waals surface area contributed by atoms with Crippen LogP contribution in [0.1, 0.15) is 5.82 Å². The minimum Gasteiger partial charge on any atom is -0.479 e. The van der Waals surface area contributed by atoms with Crippen molar-refractivity contribution >= 4 is 5.69 Å². The summed E-state index contributed by atoms with van der Waals surface area (Å²) in [4.78, 5) is 14.1. The van der Waals surface area contributed by atoms with Gasteiger partial charge in [0.05, 0.1) is 4.92 Å². The summed E-state index contributed by atoms with van der Waals surface area (Å²) in [5.74, 6) is -0.105. The molecule has 0 spiro atoms. The first-order valence-electron chi connectivity index (χ1n) is 5.11. The highest BCUT2D eigenvalue weighted by molar-refractivity contribution is 5.46. The van der Waals surface area contributed by atoms with E-state index in [-0.39, 0.29) is 18.0 Å². The molecule has 2 aromatic rings. The van der Waals surface area contributed by atoms with Gasteiger partial charge in [0.25, 0.3) is 0 Å². The maximum atomic E-state index is 13.0. The Hall–Kier alpha value is -2.44. The monoisotopic (exact) mass is 251 g/mol. The molecule has 0 aliphatic heterocycles. The van der Waals surface area contributed by atoms with E-state index in [0.717, 1.165) is 18.2 Å². The van der Waals surface area contributed by atoms with Crippen LogP contribution in [0.15, 0.2) is 30.6 Å². The lowest BCUT2D eigenvalue weighted by Crippen LogP contribution is -2.04. The van der Waals surface area contributed by atoms with E-state index in [2.05, 4.69) is 4.98 Å². The number of hydrogen-bond acceptors (Lipinski definition) is 4. The number of nitro groups is 1. The Kier molecular flexibility index (Phi) is 3.22. The van der Waals surface area contributed by atoms with Crippen molar-refractivity contribution in [3.8, 4) is 5.75 Å². The first kappa shape index (κ1) is 12.0. The van der Waals surface area contributed by atoms with Gasteiger partial charge in [-0.1, -0.05) is 0 Å². The second-order valence-electron chi connectivity index (χ2n) is 3.61. The van der Waals surface area contributed by atoms with E-state index in [1.807, 2.05) is 0 Å². The fourth-order valence-electron chi connectivity index (χ4n) is 1.43. The van der Waals surface area contributed by atoms with Crippen LogP contribution in [-0.4, -0.2) is 14.5 Å². The third kappa shape index (κ3) is 2.45. The van der Waals surface area contributed by atoms with Gasteiger partial charge in [0.2, 0.25) is 0 Å². The number of aromatic nitrogens is 2. The molecule has 0 saturated carbocycles. The van der Waals surface area contributed by atoms with Crippen LogP contribution < -0.4 is 4.74 Å². The highest BCUT2D eigenvalue weighted by Gasteiger charge is 2.16. The zero-order valence-electron chi connectivity index (χ0n) is 9.54. The van der Waals surface area contributed by atoms with Gasteiger partial charge in [-0.05, 0) is 6.07 Å². The van der Waals surface area contributed by atoms with E-state index in [1.54, 1.807) is 24.0 Å². The summed E-state index contributed by atoms with van der Waals surface area (Å²) in [6.45, 7) is 0.0355. The Morgan fingerprint density at radius 1 is 1.56 bits per heavy atom. The summed E-state index contributed by atoms with van der Waals surface area (Å²) < 4.78 is 20.0. The number of nitro benzene ring substituents is 1. The Balaban J connectivity index is 2.20. The standard InChI is InChI=1S/C11H10FN3O3/c1-14-5-4-13-11(14)7-18-10-6-8(12)2-3-9(10)15(16)17/h2-6H,7H2,1H3. The van der Waals surface area contributed by atoms with E-state index >= 15 is 0 Å². The largest absolute Gasteiger partial charge is 0.479 e. The number of halogens is 1. The Labute approximate surface area is 102 Å². The topological polar surface area (TPSA) is 70.2 Å². The van der Waals surface area contributed by atoms with Crippen LogP contribution in [0, 0.1) is 15.9 Å². The molecule has 0 radical (unpaired) electrons. The molecule has 1 heterocycles. The van der Waals surface area contributed by atoms with Crippen LogP contribution in [0.3, 0.4) is 0 Å². The quantitative estimate of drug-likeness (QED) is 0.616. The van der Waals surface area contributed by atoms with Gasteiger partial charge in [0, 0.05) is 31.6 Å². The van der Waals surface area contributed by atoms with E-state index in [0.29, 0.717) is 5.82 Å². The van der Waals surface area contributed by atoms with Gasteiger partial charge in [-0.15, -0.1) is 0 Å². The van der Waals surface area contributed by atoms with E-state index < -0.39 is 10.7 Å². The molecule has 0 atom stereocenters. The molecule has 6 nitrogen and oxygen atoms in total. The Morgan fingerprint density at radius 3 is 2.94 bits per heavy atom. The fraction of sp³-hybridized carbons (Fsp3) is 0.182. The molecule has 0 unspecified atom stereocenters. The molecule has 0 saturated heterocycles. The first-order chi connectivity index (χ1) is 8.58. The van der Waals surface area contributed by atoms with Gasteiger partial charge in [-0.25, -0.2) is 9.37 Å². The molecule has 0 N–H and O–H groups in total. The SMILES string of the molecule is Cn1ccnc1COc1cc(F)ccc1[N+](=O)[O-]. The van der Waals surface area contributed by atoms with Gasteiger partial charge in [-0.2, -0.15) is 0 Å². The number of imidazole rings is 1. The molecule has 0 amide bonds. The second kappa shape index (κ2) is 4.82. The zero-order valence-corrected chi connectivity index (χ0v) is 9.54. The molecule has 0 aliphatic rings. The average molecular weight is 251 g/mol. The molecule has 1 aromatic heterocycles. The fourth-order valence-corrected chi connectivity index (χ4v) is 1.43. The van der Waals surface area contributed by atoms with Crippen LogP contribution in [0.5, 0.6) is 5.75 Å². The minimum atomic E-state index is -0.618. The van der Waals surface area contributed by atoms with Crippen molar-refractivity contribution in [2.45, 2.75) is 6.61 Å². The van der Waals surface area contributed by atoms with Crippen molar-refractivity contribution in [3.63, 3.8) is 0 Å². The van der Waals surface area contributed by atoms with Crippen LogP contribution in [0.2, 0.25) is 0 Å². The van der Waals surface area contributed by atoms with Crippen LogP contribution in [-0.2, 0) is 13.7 Å². The van der Waals surface area contributed by atoms with Crippen molar-refractivity contribution in [2.24, 2.45) is 7.05 Å². The molecular formula is C11H10FN3O3. The zero-order chi connectivity index (χ0) is 13.1. The van der Waals surface area contributed by atoms with Crippen LogP contribution in [0.4, 0.5) is 10.1 Å². The molecule has 0 fully saturated rings. The Bertz CT molecular complexity index is 583. The summed E-state index contributed by atoms with van der Waals surface area (Å²) in [5.41, 5.74) is -0.273. The summed E-state index contributed by atoms with van der Waals surface area (Å²) >= 11 is 0. The number of rotatable bonds is 4. The van der Waals surface area contributed by atoms with Gasteiger partial charge in [0.1, 0.15) is 18.2 Å². The van der Waals surface area contributed by atoms with Crippen molar-refractivity contribution < 1.29 is 14.1 Å². The molecule has 0 aliphatic carbocycles. The number of ether oxygens (including phenoxy) is 1. The molecule has 1 aromatic carbocycles. The molecule has 7 heteroatoms. The molecule has 94 valence electrons. The third-order valence-electron chi connectivity index (χ3n) is 2.40. The normalized spacial score (nSPS) is 10.3. The lowest BCUT2D eigenvalue weighted by Gasteiger charge is -2.06. The minimum absolute atomic E-state index is 0.0355. The number of hydrogen-bond donors (Lipinski definition) is 0. The van der Waals surface area contributed by atoms with Crippen molar-refractivity contribution in [2.75, 3.05) is 0 Å². The van der Waals surface area contributed by atoms with Gasteiger partial charge >= 0.3 is 5.69 Å². The molecule has 0 bridgehead atoms. The van der Waals surface area contributed by atoms with Crippen LogP contribution >= 0.6 is 0 Å². The maximum absolute atomic E-state index is 13.0. The molecule has 18 heavy (non-hydrogen) atoms. The Morgan fingerprint density at radius 2 is 2.33 bits per heavy atom. The first-order valence-corrected chi connectivity index (χ1v) is 5.11. The van der Waals surface area contributed by atoms with Gasteiger partial charge in [-0.3, -0.25) is 10.1 Å². The average Bonchev–Trinajstić information content (AvgIpc) is 2.72. The summed E-state index contributed by atoms with van der Waals surface area (Å²) in [6.07, 6.45) is 3.30. The lowest BCUT2D eigenvalue weighted by molar-refractivity contribution is -0.386. The summed E-state index contributed by atoms with van der Waals surface area (Å²) in [7, 11) is 1.77. The summed E-state index contributed by atoms with van der Waals surface area (Å²) in [5, 5.41) is 10.7. The van der Waals surface area contributed by atoms with E-state index in [9.17, 15) is 14.5 Å². The highest BCUT2D eigenvalue weighted by atomic mass is 19.1.